The van der Waals surface area contributed by atoms with Crippen LogP contribution in [0.15, 0.2) is 59.9 Å². The summed E-state index contributed by atoms with van der Waals surface area (Å²) in [6.45, 7) is 1.45. The van der Waals surface area contributed by atoms with Crippen molar-refractivity contribution in [2.45, 2.75) is 13.0 Å². The second-order valence-electron chi connectivity index (χ2n) is 5.65. The molecule has 3 rings (SSSR count). The van der Waals surface area contributed by atoms with Crippen LogP contribution in [0, 0.1) is 0 Å². The molecular weight excluding hydrogens is 314 g/mol. The number of benzene rings is 1. The first-order valence-electron chi connectivity index (χ1n) is 8.28. The molecule has 0 aliphatic rings. The van der Waals surface area contributed by atoms with E-state index >= 15 is 0 Å². The van der Waals surface area contributed by atoms with Gasteiger partial charge >= 0.3 is 0 Å². The van der Waals surface area contributed by atoms with E-state index in [1.54, 1.807) is 14.2 Å². The minimum atomic E-state index is 0.686. The maximum atomic E-state index is 5.24. The van der Waals surface area contributed by atoms with Crippen LogP contribution >= 0.6 is 0 Å². The van der Waals surface area contributed by atoms with Crippen molar-refractivity contribution < 1.29 is 4.74 Å². The van der Waals surface area contributed by atoms with Crippen LogP contribution in [0.25, 0.3) is 5.65 Å². The highest BCUT2D eigenvalue weighted by atomic mass is 16.5. The first-order chi connectivity index (χ1) is 12.3. The number of rotatable bonds is 6. The Bertz CT molecular complexity index is 823. The van der Waals surface area contributed by atoms with E-state index in [-0.39, 0.29) is 0 Å². The summed E-state index contributed by atoms with van der Waals surface area (Å²) in [7, 11) is 3.44. The van der Waals surface area contributed by atoms with Gasteiger partial charge in [-0.05, 0) is 29.8 Å². The van der Waals surface area contributed by atoms with Crippen LogP contribution in [0.2, 0.25) is 0 Å². The number of fused-ring (bicyclic) bond motifs is 1. The maximum Gasteiger partial charge on any atom is 0.191 e. The van der Waals surface area contributed by atoms with Gasteiger partial charge in [-0.3, -0.25) is 4.99 Å². The fourth-order valence-corrected chi connectivity index (χ4v) is 2.61. The summed E-state index contributed by atoms with van der Waals surface area (Å²) in [6.07, 6.45) is 4.90. The van der Waals surface area contributed by atoms with E-state index in [0.29, 0.717) is 6.54 Å². The van der Waals surface area contributed by atoms with Gasteiger partial charge in [-0.25, -0.2) is 4.98 Å². The van der Waals surface area contributed by atoms with Crippen molar-refractivity contribution in [3.63, 3.8) is 0 Å². The van der Waals surface area contributed by atoms with Crippen LogP contribution in [0.4, 0.5) is 0 Å². The summed E-state index contributed by atoms with van der Waals surface area (Å²) < 4.78 is 7.28. The van der Waals surface area contributed by atoms with Crippen LogP contribution in [0.5, 0.6) is 5.75 Å². The molecule has 6 nitrogen and oxygen atoms in total. The van der Waals surface area contributed by atoms with E-state index < -0.39 is 0 Å². The molecule has 25 heavy (non-hydrogen) atoms. The molecule has 2 N–H and O–H groups in total. The van der Waals surface area contributed by atoms with Crippen molar-refractivity contribution in [3.05, 3.63) is 66.1 Å². The zero-order chi connectivity index (χ0) is 17.5. The van der Waals surface area contributed by atoms with Crippen LogP contribution in [0.3, 0.4) is 0 Å². The minimum Gasteiger partial charge on any atom is -0.497 e. The Morgan fingerprint density at radius 1 is 1.20 bits per heavy atom. The van der Waals surface area contributed by atoms with Crippen LogP contribution in [-0.4, -0.2) is 36.0 Å². The summed E-state index contributed by atoms with van der Waals surface area (Å²) in [5.74, 6) is 1.63. The van der Waals surface area contributed by atoms with E-state index in [1.807, 2.05) is 47.0 Å². The summed E-state index contributed by atoms with van der Waals surface area (Å²) >= 11 is 0. The topological polar surface area (TPSA) is 63.0 Å². The van der Waals surface area contributed by atoms with Gasteiger partial charge in [-0.15, -0.1) is 0 Å². The van der Waals surface area contributed by atoms with Gasteiger partial charge in [0.05, 0.1) is 12.8 Å². The molecule has 0 spiro atoms. The molecule has 3 aromatic rings. The van der Waals surface area contributed by atoms with E-state index in [0.717, 1.165) is 41.6 Å². The number of nitrogens with zero attached hydrogens (tertiary/aromatic N) is 3. The third-order valence-corrected chi connectivity index (χ3v) is 3.91. The van der Waals surface area contributed by atoms with Gasteiger partial charge in [0.2, 0.25) is 0 Å². The second-order valence-corrected chi connectivity index (χ2v) is 5.65. The Hall–Kier alpha value is -3.02. The lowest BCUT2D eigenvalue weighted by Gasteiger charge is -2.12. The number of hydrogen-bond donors (Lipinski definition) is 2. The molecule has 0 aliphatic heterocycles. The highest BCUT2D eigenvalue weighted by Gasteiger charge is 2.03. The molecule has 2 aromatic heterocycles. The normalized spacial score (nSPS) is 11.5. The standard InChI is InChI=1S/C19H23N5O/c1-20-19(22-13-15-6-5-7-17(12-15)25-2)21-10-9-16-14-24-11-4-3-8-18(24)23-16/h3-8,11-12,14H,9-10,13H2,1-2H3,(H2,20,21,22). The Kier molecular flexibility index (Phi) is 5.51. The lowest BCUT2D eigenvalue weighted by Crippen LogP contribution is -2.37. The number of aliphatic imine (C=N–C) groups is 1. The molecule has 0 radical (unpaired) electrons. The molecule has 0 atom stereocenters. The summed E-state index contributed by atoms with van der Waals surface area (Å²) in [5, 5.41) is 6.63. The molecule has 0 amide bonds. The van der Waals surface area contributed by atoms with Gasteiger partial charge in [0.15, 0.2) is 5.96 Å². The van der Waals surface area contributed by atoms with Crippen molar-refractivity contribution in [1.29, 1.82) is 0 Å². The van der Waals surface area contributed by atoms with Crippen molar-refractivity contribution in [3.8, 4) is 5.75 Å². The highest BCUT2D eigenvalue weighted by molar-refractivity contribution is 5.79. The number of guanidine groups is 1. The smallest absolute Gasteiger partial charge is 0.191 e. The van der Waals surface area contributed by atoms with Crippen LogP contribution in [0.1, 0.15) is 11.3 Å². The number of ether oxygens (including phenoxy) is 1. The minimum absolute atomic E-state index is 0.686. The van der Waals surface area contributed by atoms with E-state index in [1.165, 1.54) is 0 Å². The molecule has 0 fully saturated rings. The van der Waals surface area contributed by atoms with Gasteiger partial charge in [0.1, 0.15) is 11.4 Å². The van der Waals surface area contributed by atoms with Gasteiger partial charge in [-0.2, -0.15) is 0 Å². The third-order valence-electron chi connectivity index (χ3n) is 3.91. The lowest BCUT2D eigenvalue weighted by molar-refractivity contribution is 0.414. The predicted molar refractivity (Wildman–Crippen MR) is 100 cm³/mol. The molecule has 130 valence electrons. The molecule has 0 unspecified atom stereocenters. The van der Waals surface area contributed by atoms with Gasteiger partial charge in [0, 0.05) is 39.0 Å². The number of aromatic nitrogens is 2. The average Bonchev–Trinajstić information content (AvgIpc) is 3.07. The Morgan fingerprint density at radius 2 is 2.12 bits per heavy atom. The van der Waals surface area contributed by atoms with Crippen molar-refractivity contribution >= 4 is 11.6 Å². The predicted octanol–water partition coefficient (Wildman–Crippen LogP) is 2.25. The number of methoxy groups -OCH3 is 1. The molecule has 2 heterocycles. The molecule has 0 bridgehead atoms. The van der Waals surface area contributed by atoms with E-state index in [4.69, 9.17) is 4.74 Å². The zero-order valence-electron chi connectivity index (χ0n) is 14.6. The van der Waals surface area contributed by atoms with Crippen LogP contribution in [-0.2, 0) is 13.0 Å². The molecule has 0 saturated carbocycles. The number of nitrogens with one attached hydrogen (secondary N) is 2. The maximum absolute atomic E-state index is 5.24. The lowest BCUT2D eigenvalue weighted by atomic mass is 10.2. The first kappa shape index (κ1) is 16.8. The summed E-state index contributed by atoms with van der Waals surface area (Å²) in [5.41, 5.74) is 3.17. The summed E-state index contributed by atoms with van der Waals surface area (Å²) in [6, 6.07) is 14.0. The highest BCUT2D eigenvalue weighted by Crippen LogP contribution is 2.12. The molecular formula is C19H23N5O. The molecule has 0 aliphatic carbocycles. The van der Waals surface area contributed by atoms with Crippen molar-refractivity contribution in [2.24, 2.45) is 4.99 Å². The average molecular weight is 337 g/mol. The monoisotopic (exact) mass is 337 g/mol. The van der Waals surface area contributed by atoms with Gasteiger partial charge in [-0.1, -0.05) is 18.2 Å². The van der Waals surface area contributed by atoms with Crippen molar-refractivity contribution in [2.75, 3.05) is 20.7 Å². The van der Waals surface area contributed by atoms with Crippen LogP contribution < -0.4 is 15.4 Å². The Balaban J connectivity index is 1.49. The molecule has 1 aromatic carbocycles. The molecule has 6 heteroatoms. The fourth-order valence-electron chi connectivity index (χ4n) is 2.61. The SMILES string of the molecule is CN=C(NCCc1cn2ccccc2n1)NCc1cccc(OC)c1. The third kappa shape index (κ3) is 4.50. The number of pyridine rings is 1. The van der Waals surface area contributed by atoms with Crippen molar-refractivity contribution in [1.82, 2.24) is 20.0 Å². The number of hydrogen-bond acceptors (Lipinski definition) is 3. The first-order valence-corrected chi connectivity index (χ1v) is 8.28. The Morgan fingerprint density at radius 3 is 2.92 bits per heavy atom. The quantitative estimate of drug-likeness (QED) is 0.535. The Labute approximate surface area is 147 Å². The van der Waals surface area contributed by atoms with Gasteiger partial charge in [0.25, 0.3) is 0 Å². The zero-order valence-corrected chi connectivity index (χ0v) is 14.6. The largest absolute Gasteiger partial charge is 0.497 e. The fraction of sp³-hybridized carbons (Fsp3) is 0.263. The summed E-state index contributed by atoms with van der Waals surface area (Å²) in [4.78, 5) is 8.85. The number of imidazole rings is 1. The second kappa shape index (κ2) is 8.19. The van der Waals surface area contributed by atoms with Gasteiger partial charge < -0.3 is 19.8 Å². The van der Waals surface area contributed by atoms with E-state index in [9.17, 15) is 0 Å². The molecule has 0 saturated heterocycles. The van der Waals surface area contributed by atoms with E-state index in [2.05, 4.69) is 32.9 Å².